The van der Waals surface area contributed by atoms with Crippen LogP contribution in [0.15, 0.2) is 17.5 Å². The van der Waals surface area contributed by atoms with Crippen LogP contribution in [-0.4, -0.2) is 55.6 Å². The summed E-state index contributed by atoms with van der Waals surface area (Å²) < 4.78 is 0. The average Bonchev–Trinajstić information content (AvgIpc) is 3.06. The topological polar surface area (TPSA) is 35.6 Å². The summed E-state index contributed by atoms with van der Waals surface area (Å²) in [5.74, 6) is 0. The van der Waals surface area contributed by atoms with Crippen LogP contribution < -0.4 is 5.32 Å². The van der Waals surface area contributed by atoms with Gasteiger partial charge < -0.3 is 15.1 Å². The minimum absolute atomic E-state index is 0.00942. The summed E-state index contributed by atoms with van der Waals surface area (Å²) in [4.78, 5) is 17.7. The maximum Gasteiger partial charge on any atom is 0.317 e. The SMILES string of the molecule is CN(C)C1CCN(C(=O)NCC(C)(C)c2cccs2)C1. The molecule has 1 unspecified atom stereocenters. The third-order valence-electron chi connectivity index (χ3n) is 4.05. The van der Waals surface area contributed by atoms with Crippen LogP contribution in [0.25, 0.3) is 0 Å². The minimum Gasteiger partial charge on any atom is -0.337 e. The number of amides is 2. The molecule has 4 nitrogen and oxygen atoms in total. The van der Waals surface area contributed by atoms with E-state index in [0.29, 0.717) is 12.6 Å². The van der Waals surface area contributed by atoms with E-state index in [-0.39, 0.29) is 11.4 Å². The monoisotopic (exact) mass is 295 g/mol. The highest BCUT2D eigenvalue weighted by molar-refractivity contribution is 7.10. The Kier molecular flexibility index (Phi) is 4.70. The van der Waals surface area contributed by atoms with Gasteiger partial charge in [0.15, 0.2) is 0 Å². The molecule has 2 heterocycles. The Balaban J connectivity index is 1.84. The molecule has 112 valence electrons. The quantitative estimate of drug-likeness (QED) is 0.925. The number of carbonyl (C=O) groups excluding carboxylic acids is 1. The van der Waals surface area contributed by atoms with Crippen LogP contribution in [0.5, 0.6) is 0 Å². The van der Waals surface area contributed by atoms with Crippen molar-refractivity contribution < 1.29 is 4.79 Å². The standard InChI is InChI=1S/C15H25N3OS/c1-15(2,13-6-5-9-20-13)11-16-14(19)18-8-7-12(10-18)17(3)4/h5-6,9,12H,7-8,10-11H2,1-4H3,(H,16,19). The van der Waals surface area contributed by atoms with Gasteiger partial charge in [0.25, 0.3) is 0 Å². The van der Waals surface area contributed by atoms with E-state index >= 15 is 0 Å². The van der Waals surface area contributed by atoms with Crippen LogP contribution >= 0.6 is 11.3 Å². The third-order valence-corrected chi connectivity index (χ3v) is 5.29. The van der Waals surface area contributed by atoms with Crippen molar-refractivity contribution >= 4 is 17.4 Å². The lowest BCUT2D eigenvalue weighted by atomic mass is 9.91. The van der Waals surface area contributed by atoms with E-state index in [9.17, 15) is 4.79 Å². The lowest BCUT2D eigenvalue weighted by Gasteiger charge is -2.26. The van der Waals surface area contributed by atoms with Crippen molar-refractivity contribution in [1.82, 2.24) is 15.1 Å². The van der Waals surface area contributed by atoms with E-state index in [1.165, 1.54) is 4.88 Å². The van der Waals surface area contributed by atoms with Crippen LogP contribution in [0.1, 0.15) is 25.1 Å². The second kappa shape index (κ2) is 6.14. The summed E-state index contributed by atoms with van der Waals surface area (Å²) in [5.41, 5.74) is -0.00942. The molecule has 0 bridgehead atoms. The molecule has 2 amide bonds. The van der Waals surface area contributed by atoms with E-state index in [2.05, 4.69) is 55.7 Å². The van der Waals surface area contributed by atoms with Gasteiger partial charge in [0.2, 0.25) is 0 Å². The van der Waals surface area contributed by atoms with Gasteiger partial charge >= 0.3 is 6.03 Å². The molecular weight excluding hydrogens is 270 g/mol. The predicted octanol–water partition coefficient (Wildman–Crippen LogP) is 2.37. The first-order valence-corrected chi connectivity index (χ1v) is 8.01. The molecule has 1 saturated heterocycles. The number of nitrogens with zero attached hydrogens (tertiary/aromatic N) is 2. The molecule has 1 atom stereocenters. The van der Waals surface area contributed by atoms with Crippen molar-refractivity contribution in [2.24, 2.45) is 0 Å². The maximum atomic E-state index is 12.2. The van der Waals surface area contributed by atoms with Crippen molar-refractivity contribution in [2.45, 2.75) is 31.7 Å². The highest BCUT2D eigenvalue weighted by Gasteiger charge is 2.29. The lowest BCUT2D eigenvalue weighted by molar-refractivity contribution is 0.201. The van der Waals surface area contributed by atoms with E-state index in [0.717, 1.165) is 19.5 Å². The van der Waals surface area contributed by atoms with E-state index in [1.807, 2.05) is 4.90 Å². The van der Waals surface area contributed by atoms with Crippen LogP contribution in [0.3, 0.4) is 0 Å². The Morgan fingerprint density at radius 3 is 2.85 bits per heavy atom. The molecular formula is C15H25N3OS. The number of likely N-dealkylation sites (N-methyl/N-ethyl adjacent to an activating group) is 1. The lowest BCUT2D eigenvalue weighted by Crippen LogP contribution is -2.44. The summed E-state index contributed by atoms with van der Waals surface area (Å²) in [7, 11) is 4.15. The van der Waals surface area contributed by atoms with Gasteiger partial charge in [0.05, 0.1) is 0 Å². The summed E-state index contributed by atoms with van der Waals surface area (Å²) in [5, 5.41) is 5.17. The number of urea groups is 1. The van der Waals surface area contributed by atoms with Gasteiger partial charge in [-0.2, -0.15) is 0 Å². The van der Waals surface area contributed by atoms with Gasteiger partial charge in [0, 0.05) is 36.0 Å². The molecule has 2 rings (SSSR count). The molecule has 1 aromatic heterocycles. The number of thiophene rings is 1. The number of nitrogens with one attached hydrogen (secondary N) is 1. The molecule has 0 radical (unpaired) electrons. The molecule has 0 aliphatic carbocycles. The van der Waals surface area contributed by atoms with Gasteiger partial charge in [-0.15, -0.1) is 11.3 Å². The predicted molar refractivity (Wildman–Crippen MR) is 84.4 cm³/mol. The largest absolute Gasteiger partial charge is 0.337 e. The normalized spacial score (nSPS) is 19.6. The van der Waals surface area contributed by atoms with Crippen molar-refractivity contribution in [3.8, 4) is 0 Å². The minimum atomic E-state index is -0.00942. The van der Waals surface area contributed by atoms with Crippen LogP contribution in [0.4, 0.5) is 4.79 Å². The van der Waals surface area contributed by atoms with E-state index < -0.39 is 0 Å². The number of likely N-dealkylation sites (tertiary alicyclic amines) is 1. The van der Waals surface area contributed by atoms with Crippen molar-refractivity contribution in [3.63, 3.8) is 0 Å². The van der Waals surface area contributed by atoms with E-state index in [4.69, 9.17) is 0 Å². The summed E-state index contributed by atoms with van der Waals surface area (Å²) in [6.45, 7) is 6.71. The van der Waals surface area contributed by atoms with Crippen molar-refractivity contribution in [2.75, 3.05) is 33.7 Å². The van der Waals surface area contributed by atoms with Crippen LogP contribution in [-0.2, 0) is 5.41 Å². The Bertz CT molecular complexity index is 442. The molecule has 0 saturated carbocycles. The molecule has 1 fully saturated rings. The van der Waals surface area contributed by atoms with Gasteiger partial charge in [-0.05, 0) is 32.0 Å². The second-order valence-electron chi connectivity index (χ2n) is 6.37. The fraction of sp³-hybridized carbons (Fsp3) is 0.667. The molecule has 1 aliphatic rings. The smallest absolute Gasteiger partial charge is 0.317 e. The maximum absolute atomic E-state index is 12.2. The van der Waals surface area contributed by atoms with Crippen LogP contribution in [0.2, 0.25) is 0 Å². The fourth-order valence-electron chi connectivity index (χ4n) is 2.51. The summed E-state index contributed by atoms with van der Waals surface area (Å²) in [6.07, 6.45) is 1.06. The van der Waals surface area contributed by atoms with Crippen molar-refractivity contribution in [3.05, 3.63) is 22.4 Å². The first kappa shape index (κ1) is 15.3. The van der Waals surface area contributed by atoms with Gasteiger partial charge in [-0.3, -0.25) is 0 Å². The summed E-state index contributed by atoms with van der Waals surface area (Å²) in [6, 6.07) is 4.76. The highest BCUT2D eigenvalue weighted by Crippen LogP contribution is 2.26. The van der Waals surface area contributed by atoms with Crippen molar-refractivity contribution in [1.29, 1.82) is 0 Å². The Hall–Kier alpha value is -1.07. The highest BCUT2D eigenvalue weighted by atomic mass is 32.1. The van der Waals surface area contributed by atoms with Crippen LogP contribution in [0, 0.1) is 0 Å². The number of hydrogen-bond donors (Lipinski definition) is 1. The molecule has 0 aromatic carbocycles. The molecule has 20 heavy (non-hydrogen) atoms. The molecule has 1 aromatic rings. The zero-order valence-electron chi connectivity index (χ0n) is 12.8. The average molecular weight is 295 g/mol. The Morgan fingerprint density at radius 2 is 2.30 bits per heavy atom. The number of hydrogen-bond acceptors (Lipinski definition) is 3. The Morgan fingerprint density at radius 1 is 1.55 bits per heavy atom. The zero-order valence-corrected chi connectivity index (χ0v) is 13.7. The van der Waals surface area contributed by atoms with Gasteiger partial charge in [-0.25, -0.2) is 4.79 Å². The van der Waals surface area contributed by atoms with Gasteiger partial charge in [-0.1, -0.05) is 19.9 Å². The van der Waals surface area contributed by atoms with Gasteiger partial charge in [0.1, 0.15) is 0 Å². The first-order chi connectivity index (χ1) is 9.40. The molecule has 1 aliphatic heterocycles. The fourth-order valence-corrected chi connectivity index (χ4v) is 3.36. The number of rotatable bonds is 4. The third kappa shape index (κ3) is 3.52. The Labute approximate surface area is 125 Å². The second-order valence-corrected chi connectivity index (χ2v) is 7.32. The zero-order chi connectivity index (χ0) is 14.8. The molecule has 5 heteroatoms. The summed E-state index contributed by atoms with van der Waals surface area (Å²) >= 11 is 1.75. The molecule has 1 N–H and O–H groups in total. The molecule has 0 spiro atoms. The van der Waals surface area contributed by atoms with E-state index in [1.54, 1.807) is 11.3 Å². The number of carbonyl (C=O) groups is 1. The first-order valence-electron chi connectivity index (χ1n) is 7.13.